The van der Waals surface area contributed by atoms with Gasteiger partial charge in [-0.1, -0.05) is 38.1 Å². The van der Waals surface area contributed by atoms with Crippen molar-refractivity contribution in [2.45, 2.75) is 39.7 Å². The summed E-state index contributed by atoms with van der Waals surface area (Å²) in [7, 11) is 0. The molecule has 7 heteroatoms. The topological polar surface area (TPSA) is 84.5 Å². The summed E-state index contributed by atoms with van der Waals surface area (Å²) in [5.41, 5.74) is 6.22. The van der Waals surface area contributed by atoms with Crippen LogP contribution in [0.15, 0.2) is 72.8 Å². The van der Waals surface area contributed by atoms with Gasteiger partial charge in [0.25, 0.3) is 5.91 Å². The minimum atomic E-state index is -0.396. The van der Waals surface area contributed by atoms with Crippen LogP contribution >= 0.6 is 0 Å². The predicted molar refractivity (Wildman–Crippen MR) is 147 cm³/mol. The predicted octanol–water partition coefficient (Wildman–Crippen LogP) is 6.53. The summed E-state index contributed by atoms with van der Waals surface area (Å²) in [6, 6.07) is 22.7. The molecule has 1 amide bonds. The van der Waals surface area contributed by atoms with E-state index >= 15 is 0 Å². The normalized spacial score (nSPS) is 14.6. The number of nitrogens with one attached hydrogen (secondary N) is 1. The van der Waals surface area contributed by atoms with Gasteiger partial charge >= 0.3 is 5.97 Å². The van der Waals surface area contributed by atoms with Gasteiger partial charge in [-0.25, -0.2) is 4.79 Å². The zero-order chi connectivity index (χ0) is 26.8. The van der Waals surface area contributed by atoms with Gasteiger partial charge in [-0.05, 0) is 79.4 Å². The first-order valence-corrected chi connectivity index (χ1v) is 12.9. The minimum absolute atomic E-state index is 0.175. The van der Waals surface area contributed by atoms with Crippen LogP contribution in [0.3, 0.4) is 0 Å². The number of fused-ring (bicyclic) bond motifs is 1. The van der Waals surface area contributed by atoms with Gasteiger partial charge in [0.15, 0.2) is 0 Å². The van der Waals surface area contributed by atoms with E-state index in [1.54, 1.807) is 36.1 Å². The first-order chi connectivity index (χ1) is 18.4. The Hall–Kier alpha value is -4.39. The first-order valence-electron chi connectivity index (χ1n) is 12.9. The van der Waals surface area contributed by atoms with Crippen molar-refractivity contribution in [1.29, 1.82) is 0 Å². The first kappa shape index (κ1) is 25.3. The molecule has 1 aliphatic rings. The zero-order valence-electron chi connectivity index (χ0n) is 22.0. The highest BCUT2D eigenvalue weighted by molar-refractivity contribution is 6.12. The van der Waals surface area contributed by atoms with E-state index in [-0.39, 0.29) is 11.9 Å². The Morgan fingerprint density at radius 1 is 0.947 bits per heavy atom. The van der Waals surface area contributed by atoms with Gasteiger partial charge in [0.2, 0.25) is 0 Å². The fourth-order valence-corrected chi connectivity index (χ4v) is 4.86. The third kappa shape index (κ3) is 4.56. The molecule has 0 aliphatic carbocycles. The number of benzene rings is 3. The lowest BCUT2D eigenvalue weighted by Crippen LogP contribution is -2.29. The Kier molecular flexibility index (Phi) is 7.01. The number of H-pyrrole nitrogens is 1. The standard InChI is InChI=1S/C31H31N3O4/c1-5-37-25-17-13-21(14-18-25)27-26-28(33-32-27)30(35)34(24-15-11-23(12-16-24)31(36)38-6-2)29(26)22-9-7-20(8-10-22)19(3)4/h7-19,29H,5-6H2,1-4H3,(H,32,33). The molecule has 5 rings (SSSR count). The smallest absolute Gasteiger partial charge is 0.338 e. The number of aromatic nitrogens is 2. The summed E-state index contributed by atoms with van der Waals surface area (Å²) in [5.74, 6) is 0.611. The number of ether oxygens (including phenoxy) is 2. The minimum Gasteiger partial charge on any atom is -0.494 e. The molecule has 2 heterocycles. The lowest BCUT2D eigenvalue weighted by molar-refractivity contribution is 0.0526. The molecule has 7 nitrogen and oxygen atoms in total. The molecule has 0 spiro atoms. The summed E-state index contributed by atoms with van der Waals surface area (Å²) in [6.07, 6.45) is 0. The maximum atomic E-state index is 13.8. The van der Waals surface area contributed by atoms with E-state index in [9.17, 15) is 9.59 Å². The summed E-state index contributed by atoms with van der Waals surface area (Å²) in [6.45, 7) is 8.92. The number of nitrogens with zero attached hydrogens (tertiary/aromatic N) is 2. The van der Waals surface area contributed by atoms with Crippen LogP contribution in [0, 0.1) is 0 Å². The number of hydrogen-bond acceptors (Lipinski definition) is 5. The number of hydrogen-bond donors (Lipinski definition) is 1. The van der Waals surface area contributed by atoms with E-state index in [2.05, 4.69) is 48.3 Å². The van der Waals surface area contributed by atoms with Crippen molar-refractivity contribution in [2.75, 3.05) is 18.1 Å². The average molecular weight is 510 g/mol. The summed E-state index contributed by atoms with van der Waals surface area (Å²) in [4.78, 5) is 27.8. The van der Waals surface area contributed by atoms with Crippen LogP contribution in [0.1, 0.15) is 77.2 Å². The van der Waals surface area contributed by atoms with Crippen LogP contribution in [0.4, 0.5) is 5.69 Å². The fraction of sp³-hybridized carbons (Fsp3) is 0.258. The van der Waals surface area contributed by atoms with Crippen LogP contribution in [-0.4, -0.2) is 35.3 Å². The maximum absolute atomic E-state index is 13.8. The van der Waals surface area contributed by atoms with Gasteiger partial charge in [0.1, 0.15) is 11.4 Å². The van der Waals surface area contributed by atoms with Crippen molar-refractivity contribution >= 4 is 17.6 Å². The molecular weight excluding hydrogens is 478 g/mol. The Balaban J connectivity index is 1.60. The van der Waals surface area contributed by atoms with Crippen LogP contribution in [0.25, 0.3) is 11.3 Å². The SMILES string of the molecule is CCOC(=O)c1ccc(N2C(=O)c3[nH]nc(-c4ccc(OCC)cc4)c3C2c2ccc(C(C)C)cc2)cc1. The van der Waals surface area contributed by atoms with Crippen molar-refractivity contribution < 1.29 is 19.1 Å². The van der Waals surface area contributed by atoms with Crippen molar-refractivity contribution in [2.24, 2.45) is 0 Å². The highest BCUT2D eigenvalue weighted by Gasteiger charge is 2.43. The number of rotatable bonds is 8. The average Bonchev–Trinajstić information content (AvgIpc) is 3.48. The van der Waals surface area contributed by atoms with Crippen LogP contribution < -0.4 is 9.64 Å². The second kappa shape index (κ2) is 10.5. The van der Waals surface area contributed by atoms with Crippen molar-refractivity contribution in [3.05, 3.63) is 101 Å². The van der Waals surface area contributed by atoms with E-state index in [0.29, 0.717) is 36.1 Å². The highest BCUT2D eigenvalue weighted by atomic mass is 16.5. The molecule has 4 aromatic rings. The lowest BCUT2D eigenvalue weighted by atomic mass is 9.93. The molecule has 1 aliphatic heterocycles. The summed E-state index contributed by atoms with van der Waals surface area (Å²) >= 11 is 0. The summed E-state index contributed by atoms with van der Waals surface area (Å²) < 4.78 is 10.7. The molecule has 0 fully saturated rings. The lowest BCUT2D eigenvalue weighted by Gasteiger charge is -2.27. The van der Waals surface area contributed by atoms with Gasteiger partial charge in [-0.3, -0.25) is 14.8 Å². The molecule has 1 aromatic heterocycles. The molecule has 0 saturated heterocycles. The number of carbonyl (C=O) groups is 2. The van der Waals surface area contributed by atoms with Crippen LogP contribution in [-0.2, 0) is 4.74 Å². The largest absolute Gasteiger partial charge is 0.494 e. The number of aromatic amines is 1. The molecule has 38 heavy (non-hydrogen) atoms. The van der Waals surface area contributed by atoms with Gasteiger partial charge in [-0.2, -0.15) is 5.10 Å². The molecular formula is C31H31N3O4. The van der Waals surface area contributed by atoms with Crippen molar-refractivity contribution in [3.63, 3.8) is 0 Å². The molecule has 3 aromatic carbocycles. The Labute approximate surface area is 222 Å². The highest BCUT2D eigenvalue weighted by Crippen LogP contribution is 2.45. The molecule has 0 bridgehead atoms. The molecule has 1 unspecified atom stereocenters. The van der Waals surface area contributed by atoms with Crippen molar-refractivity contribution in [1.82, 2.24) is 10.2 Å². The molecule has 1 N–H and O–H groups in total. The fourth-order valence-electron chi connectivity index (χ4n) is 4.86. The third-order valence-electron chi connectivity index (χ3n) is 6.78. The van der Waals surface area contributed by atoms with E-state index in [1.165, 1.54) is 5.56 Å². The van der Waals surface area contributed by atoms with Gasteiger partial charge in [0.05, 0.1) is 30.5 Å². The maximum Gasteiger partial charge on any atom is 0.338 e. The number of amides is 1. The van der Waals surface area contributed by atoms with E-state index in [1.807, 2.05) is 31.2 Å². The van der Waals surface area contributed by atoms with Gasteiger partial charge < -0.3 is 9.47 Å². The number of carbonyl (C=O) groups excluding carboxylic acids is 2. The molecule has 194 valence electrons. The molecule has 1 atom stereocenters. The molecule has 0 saturated carbocycles. The van der Waals surface area contributed by atoms with Gasteiger partial charge in [0, 0.05) is 16.8 Å². The van der Waals surface area contributed by atoms with Crippen LogP contribution in [0.5, 0.6) is 5.75 Å². The summed E-state index contributed by atoms with van der Waals surface area (Å²) in [5, 5.41) is 7.57. The second-order valence-corrected chi connectivity index (χ2v) is 9.48. The quantitative estimate of drug-likeness (QED) is 0.273. The second-order valence-electron chi connectivity index (χ2n) is 9.48. The Morgan fingerprint density at radius 2 is 1.63 bits per heavy atom. The van der Waals surface area contributed by atoms with E-state index in [0.717, 1.165) is 28.1 Å². The monoisotopic (exact) mass is 509 g/mol. The van der Waals surface area contributed by atoms with Crippen LogP contribution in [0.2, 0.25) is 0 Å². The van der Waals surface area contributed by atoms with E-state index < -0.39 is 6.04 Å². The number of esters is 1. The van der Waals surface area contributed by atoms with Crippen molar-refractivity contribution in [3.8, 4) is 17.0 Å². The van der Waals surface area contributed by atoms with Gasteiger partial charge in [-0.15, -0.1) is 0 Å². The Morgan fingerprint density at radius 3 is 2.24 bits per heavy atom. The number of anilines is 1. The third-order valence-corrected chi connectivity index (χ3v) is 6.78. The Bertz CT molecular complexity index is 1440. The van der Waals surface area contributed by atoms with E-state index in [4.69, 9.17) is 9.47 Å². The molecule has 0 radical (unpaired) electrons. The zero-order valence-corrected chi connectivity index (χ0v) is 22.0.